The third kappa shape index (κ3) is 3.19. The molecule has 1 saturated carbocycles. The number of rotatable bonds is 4. The highest BCUT2D eigenvalue weighted by Crippen LogP contribution is 2.38. The van der Waals surface area contributed by atoms with E-state index in [2.05, 4.69) is 32.2 Å². The molecule has 1 aliphatic carbocycles. The molecule has 0 radical (unpaired) electrons. The summed E-state index contributed by atoms with van der Waals surface area (Å²) >= 11 is 0. The molecule has 0 amide bonds. The second kappa shape index (κ2) is 6.26. The largest absolute Gasteiger partial charge is 0.356 e. The van der Waals surface area contributed by atoms with Crippen LogP contribution in [0.5, 0.6) is 0 Å². The van der Waals surface area contributed by atoms with Gasteiger partial charge in [-0.05, 0) is 36.9 Å². The van der Waals surface area contributed by atoms with E-state index < -0.39 is 8.07 Å². The maximum absolute atomic E-state index is 5.83. The highest BCUT2D eigenvalue weighted by atomic mass is 28.3. The summed E-state index contributed by atoms with van der Waals surface area (Å²) < 4.78 is 5.83. The third-order valence-corrected chi connectivity index (χ3v) is 9.89. The number of epoxide rings is 1. The summed E-state index contributed by atoms with van der Waals surface area (Å²) in [4.78, 5) is 0. The Kier molecular flexibility index (Phi) is 4.92. The van der Waals surface area contributed by atoms with Gasteiger partial charge in [-0.25, -0.2) is 0 Å². The zero-order valence-corrected chi connectivity index (χ0v) is 13.3. The van der Waals surface area contributed by atoms with Gasteiger partial charge in [-0.1, -0.05) is 46.0 Å². The lowest BCUT2D eigenvalue weighted by atomic mass is 9.86. The summed E-state index contributed by atoms with van der Waals surface area (Å²) in [6.45, 7) is 6.96. The molecule has 18 heavy (non-hydrogen) atoms. The molecule has 1 nitrogen and oxygen atoms in total. The molecule has 0 aromatic rings. The Hall–Kier alpha value is -0.263. The summed E-state index contributed by atoms with van der Waals surface area (Å²) in [5, 5.41) is 0. The molecule has 2 fully saturated rings. The zero-order valence-electron chi connectivity index (χ0n) is 12.3. The molecule has 0 aromatic carbocycles. The van der Waals surface area contributed by atoms with Crippen molar-refractivity contribution >= 4 is 8.07 Å². The van der Waals surface area contributed by atoms with E-state index in [0.717, 1.165) is 5.92 Å². The van der Waals surface area contributed by atoms with Crippen LogP contribution in [0.2, 0.25) is 18.1 Å². The van der Waals surface area contributed by atoms with E-state index in [1.165, 1.54) is 50.2 Å². The zero-order chi connectivity index (χ0) is 13.0. The van der Waals surface area contributed by atoms with Gasteiger partial charge in [0.2, 0.25) is 0 Å². The topological polar surface area (TPSA) is 12.5 Å². The average molecular weight is 264 g/mol. The first-order valence-corrected chi connectivity index (χ1v) is 10.5. The van der Waals surface area contributed by atoms with Gasteiger partial charge in [0.25, 0.3) is 0 Å². The molecule has 2 aliphatic rings. The van der Waals surface area contributed by atoms with Gasteiger partial charge in [-0.3, -0.25) is 0 Å². The standard InChI is InChI=1S/C16H28OSi/c1-4-18(5-2,6-3)13-12-15-16(17-15)14-10-8-7-9-11-14/h14-16H,4-11H2,1-3H3/t15-,16+/m0/s1. The van der Waals surface area contributed by atoms with Crippen molar-refractivity contribution < 1.29 is 4.74 Å². The molecule has 0 spiro atoms. The van der Waals surface area contributed by atoms with Gasteiger partial charge in [0, 0.05) is 0 Å². The monoisotopic (exact) mass is 264 g/mol. The fourth-order valence-corrected chi connectivity index (χ4v) is 5.78. The Bertz CT molecular complexity index is 309. The van der Waals surface area contributed by atoms with Crippen LogP contribution in [0, 0.1) is 17.4 Å². The van der Waals surface area contributed by atoms with E-state index in [-0.39, 0.29) is 0 Å². The number of ether oxygens (including phenoxy) is 1. The van der Waals surface area contributed by atoms with Crippen molar-refractivity contribution in [1.29, 1.82) is 0 Å². The Labute approximate surface area is 114 Å². The van der Waals surface area contributed by atoms with Crippen LogP contribution in [-0.2, 0) is 4.74 Å². The van der Waals surface area contributed by atoms with Crippen molar-refractivity contribution in [1.82, 2.24) is 0 Å². The average Bonchev–Trinajstić information content (AvgIpc) is 3.22. The molecular weight excluding hydrogens is 236 g/mol. The van der Waals surface area contributed by atoms with Gasteiger partial charge in [0.05, 0.1) is 6.10 Å². The van der Waals surface area contributed by atoms with Gasteiger partial charge >= 0.3 is 0 Å². The Morgan fingerprint density at radius 2 is 1.61 bits per heavy atom. The van der Waals surface area contributed by atoms with Gasteiger partial charge in [-0.15, -0.1) is 5.54 Å². The molecule has 1 aliphatic heterocycles. The maximum atomic E-state index is 5.83. The van der Waals surface area contributed by atoms with Crippen LogP contribution in [0.3, 0.4) is 0 Å². The molecular formula is C16H28OSi. The van der Waals surface area contributed by atoms with Crippen LogP contribution in [0.15, 0.2) is 0 Å². The van der Waals surface area contributed by atoms with Crippen LogP contribution >= 0.6 is 0 Å². The molecule has 1 saturated heterocycles. The van der Waals surface area contributed by atoms with Crippen molar-refractivity contribution in [3.63, 3.8) is 0 Å². The van der Waals surface area contributed by atoms with E-state index >= 15 is 0 Å². The minimum absolute atomic E-state index is 0.296. The minimum Gasteiger partial charge on any atom is -0.356 e. The van der Waals surface area contributed by atoms with E-state index in [1.54, 1.807) is 0 Å². The summed E-state index contributed by atoms with van der Waals surface area (Å²) in [7, 11) is -1.26. The lowest BCUT2D eigenvalue weighted by Gasteiger charge is -2.20. The molecule has 1 heterocycles. The SMILES string of the molecule is CC[Si](C#C[C@@H]1O[C@@H]1C1CCCCC1)(CC)CC. The summed E-state index contributed by atoms with van der Waals surface area (Å²) in [6.07, 6.45) is 7.78. The predicted molar refractivity (Wildman–Crippen MR) is 80.2 cm³/mol. The van der Waals surface area contributed by atoms with Crippen LogP contribution in [0.1, 0.15) is 52.9 Å². The van der Waals surface area contributed by atoms with Crippen LogP contribution in [0.4, 0.5) is 0 Å². The second-order valence-electron chi connectivity index (χ2n) is 6.03. The third-order valence-electron chi connectivity index (χ3n) is 5.15. The Morgan fingerprint density at radius 1 is 1.00 bits per heavy atom. The van der Waals surface area contributed by atoms with E-state index in [1.807, 2.05) is 0 Å². The summed E-state index contributed by atoms with van der Waals surface area (Å²) in [5.74, 6) is 4.31. The second-order valence-corrected chi connectivity index (χ2v) is 11.0. The molecule has 102 valence electrons. The van der Waals surface area contributed by atoms with Gasteiger partial charge < -0.3 is 4.74 Å². The first kappa shape index (κ1) is 14.2. The first-order valence-electron chi connectivity index (χ1n) is 7.93. The summed E-state index contributed by atoms with van der Waals surface area (Å²) in [6, 6.07) is 3.90. The Balaban J connectivity index is 1.88. The molecule has 2 atom stereocenters. The highest BCUT2D eigenvalue weighted by Gasteiger charge is 2.44. The van der Waals surface area contributed by atoms with Gasteiger partial charge in [0.15, 0.2) is 0 Å². The highest BCUT2D eigenvalue weighted by molar-refractivity contribution is 6.87. The van der Waals surface area contributed by atoms with Crippen LogP contribution in [-0.4, -0.2) is 20.3 Å². The normalized spacial score (nSPS) is 28.6. The van der Waals surface area contributed by atoms with Crippen molar-refractivity contribution in [2.75, 3.05) is 0 Å². The molecule has 2 rings (SSSR count). The quantitative estimate of drug-likeness (QED) is 0.417. The van der Waals surface area contributed by atoms with Crippen LogP contribution < -0.4 is 0 Å². The fourth-order valence-electron chi connectivity index (χ4n) is 3.30. The smallest absolute Gasteiger partial charge is 0.144 e. The predicted octanol–water partition coefficient (Wildman–Crippen LogP) is 4.39. The van der Waals surface area contributed by atoms with Crippen molar-refractivity contribution in [3.05, 3.63) is 0 Å². The van der Waals surface area contributed by atoms with Gasteiger partial charge in [0.1, 0.15) is 14.2 Å². The maximum Gasteiger partial charge on any atom is 0.144 e. The van der Waals surface area contributed by atoms with Crippen molar-refractivity contribution in [2.45, 2.75) is 83.2 Å². The molecule has 0 aromatic heterocycles. The number of hydrogen-bond acceptors (Lipinski definition) is 1. The molecule has 0 bridgehead atoms. The lowest BCUT2D eigenvalue weighted by molar-refractivity contribution is 0.265. The van der Waals surface area contributed by atoms with Crippen molar-refractivity contribution in [3.8, 4) is 11.5 Å². The lowest BCUT2D eigenvalue weighted by Crippen LogP contribution is -2.29. The van der Waals surface area contributed by atoms with Crippen molar-refractivity contribution in [2.24, 2.45) is 5.92 Å². The van der Waals surface area contributed by atoms with E-state index in [9.17, 15) is 0 Å². The minimum atomic E-state index is -1.26. The molecule has 0 N–H and O–H groups in total. The summed E-state index contributed by atoms with van der Waals surface area (Å²) in [5.41, 5.74) is 3.68. The fraction of sp³-hybridized carbons (Fsp3) is 0.875. The molecule has 2 heteroatoms. The first-order chi connectivity index (χ1) is 8.74. The number of hydrogen-bond donors (Lipinski definition) is 0. The van der Waals surface area contributed by atoms with Crippen LogP contribution in [0.25, 0.3) is 0 Å². The molecule has 0 unspecified atom stereocenters. The van der Waals surface area contributed by atoms with E-state index in [4.69, 9.17) is 4.74 Å². The van der Waals surface area contributed by atoms with Gasteiger partial charge in [-0.2, -0.15) is 0 Å². The van der Waals surface area contributed by atoms with E-state index in [0.29, 0.717) is 12.2 Å². The Morgan fingerprint density at radius 3 is 2.17 bits per heavy atom.